The van der Waals surface area contributed by atoms with Gasteiger partial charge >= 0.3 is 103 Å². The standard InChI is InChI=1S/C6H5BrO.CH2O3.2K/c7-5-1-3-6(8)4-2-5;2-1(3)4;;/h1-4,8H;(H2,2,3,4);;/q;;2*+1/p-2. The van der Waals surface area contributed by atoms with Gasteiger partial charge in [0.15, 0.2) is 0 Å². The first-order chi connectivity index (χ1) is 5.52. The number of carboxylic acid groups (broad SMARTS) is 2. The number of hydrogen-bond acceptors (Lipinski definition) is 4. The fourth-order valence-electron chi connectivity index (χ4n) is 0.441. The van der Waals surface area contributed by atoms with E-state index in [1.54, 1.807) is 24.3 Å². The van der Waals surface area contributed by atoms with Crippen molar-refractivity contribution in [2.45, 2.75) is 0 Å². The normalized spacial score (nSPS) is 6.93. The summed E-state index contributed by atoms with van der Waals surface area (Å²) >= 11 is 3.23. The van der Waals surface area contributed by atoms with Crippen molar-refractivity contribution in [3.8, 4) is 5.75 Å². The molecule has 0 spiro atoms. The summed E-state index contributed by atoms with van der Waals surface area (Å²) in [5.74, 6) is 0.299. The summed E-state index contributed by atoms with van der Waals surface area (Å²) < 4.78 is 0.982. The topological polar surface area (TPSA) is 83.4 Å². The van der Waals surface area contributed by atoms with Gasteiger partial charge in [0.2, 0.25) is 0 Å². The molecule has 1 N–H and O–H groups in total. The average molecular weight is 311 g/mol. The minimum atomic E-state index is -2.33. The van der Waals surface area contributed by atoms with Gasteiger partial charge in [-0.05, 0) is 30.4 Å². The summed E-state index contributed by atoms with van der Waals surface area (Å²) in [4.78, 5) is 8.33. The summed E-state index contributed by atoms with van der Waals surface area (Å²) in [7, 11) is 0. The second-order valence-corrected chi connectivity index (χ2v) is 2.64. The van der Waals surface area contributed by atoms with Gasteiger partial charge in [-0.25, -0.2) is 0 Å². The van der Waals surface area contributed by atoms with Gasteiger partial charge in [-0.1, -0.05) is 15.9 Å². The molecule has 0 saturated carbocycles. The molecule has 0 aliphatic rings. The fraction of sp³-hybridized carbons (Fsp3) is 0. The maximum absolute atomic E-state index is 8.74. The molecule has 0 unspecified atom stereocenters. The van der Waals surface area contributed by atoms with Gasteiger partial charge in [0.05, 0.1) is 0 Å². The van der Waals surface area contributed by atoms with Crippen LogP contribution in [-0.4, -0.2) is 11.3 Å². The Labute approximate surface area is 175 Å². The molecular weight excluding hydrogens is 306 g/mol. The first-order valence-corrected chi connectivity index (χ1v) is 3.64. The van der Waals surface area contributed by atoms with Crippen LogP contribution >= 0.6 is 15.9 Å². The molecule has 1 rings (SSSR count). The molecule has 7 heteroatoms. The van der Waals surface area contributed by atoms with Gasteiger partial charge in [-0.2, -0.15) is 0 Å². The fourth-order valence-corrected chi connectivity index (χ4v) is 0.705. The predicted octanol–water partition coefficient (Wildman–Crippen LogP) is -6.28. The van der Waals surface area contributed by atoms with Crippen LogP contribution in [0.4, 0.5) is 4.79 Å². The van der Waals surface area contributed by atoms with Crippen molar-refractivity contribution in [2.24, 2.45) is 0 Å². The van der Waals surface area contributed by atoms with Crippen molar-refractivity contribution in [1.82, 2.24) is 0 Å². The van der Waals surface area contributed by atoms with Crippen molar-refractivity contribution in [3.63, 3.8) is 0 Å². The van der Waals surface area contributed by atoms with E-state index in [9.17, 15) is 0 Å². The summed E-state index contributed by atoms with van der Waals surface area (Å²) in [5, 5.41) is 25.4. The Kier molecular flexibility index (Phi) is 20.0. The van der Waals surface area contributed by atoms with Crippen LogP contribution < -0.4 is 113 Å². The van der Waals surface area contributed by atoms with Gasteiger partial charge in [0.1, 0.15) is 5.75 Å². The predicted molar refractivity (Wildman–Crippen MR) is 41.2 cm³/mol. The second-order valence-electron chi connectivity index (χ2n) is 1.73. The van der Waals surface area contributed by atoms with Crippen molar-refractivity contribution in [2.75, 3.05) is 0 Å². The van der Waals surface area contributed by atoms with Gasteiger partial charge in [0, 0.05) is 4.47 Å². The van der Waals surface area contributed by atoms with E-state index in [-0.39, 0.29) is 103 Å². The van der Waals surface area contributed by atoms with Crippen LogP contribution in [0.25, 0.3) is 0 Å². The zero-order chi connectivity index (χ0) is 9.56. The summed E-state index contributed by atoms with van der Waals surface area (Å²) in [6.45, 7) is 0. The van der Waals surface area contributed by atoms with Gasteiger partial charge < -0.3 is 20.1 Å². The Bertz CT molecular complexity index is 227. The number of aromatic hydroxyl groups is 1. The summed E-state index contributed by atoms with van der Waals surface area (Å²) in [5.41, 5.74) is 0. The Morgan fingerprint density at radius 1 is 1.14 bits per heavy atom. The molecule has 0 aromatic heterocycles. The van der Waals surface area contributed by atoms with Gasteiger partial charge in [0.25, 0.3) is 0 Å². The SMILES string of the molecule is O=C([O-])[O-].Oc1ccc(Br)cc1.[K+].[K+]. The average Bonchev–Trinajstić information content (AvgIpc) is 1.94. The van der Waals surface area contributed by atoms with E-state index < -0.39 is 6.16 Å². The minimum absolute atomic E-state index is 0. The van der Waals surface area contributed by atoms with Gasteiger partial charge in [-0.15, -0.1) is 0 Å². The molecule has 66 valence electrons. The van der Waals surface area contributed by atoms with Crippen LogP contribution in [0.2, 0.25) is 0 Å². The van der Waals surface area contributed by atoms with E-state index in [1.165, 1.54) is 0 Å². The van der Waals surface area contributed by atoms with Gasteiger partial charge in [-0.3, -0.25) is 0 Å². The van der Waals surface area contributed by atoms with E-state index >= 15 is 0 Å². The number of halogens is 1. The van der Waals surface area contributed by atoms with Crippen LogP contribution in [0.5, 0.6) is 5.75 Å². The molecule has 0 aliphatic heterocycles. The first-order valence-electron chi connectivity index (χ1n) is 2.85. The molecule has 0 heterocycles. The van der Waals surface area contributed by atoms with Crippen molar-refractivity contribution in [1.29, 1.82) is 0 Å². The molecule has 0 radical (unpaired) electrons. The van der Waals surface area contributed by atoms with Crippen LogP contribution in [0, 0.1) is 0 Å². The maximum atomic E-state index is 8.74. The minimum Gasteiger partial charge on any atom is -0.652 e. The molecule has 0 saturated heterocycles. The maximum Gasteiger partial charge on any atom is 1.00 e. The first kappa shape index (κ1) is 21.3. The molecule has 1 aromatic carbocycles. The molecule has 0 atom stereocenters. The van der Waals surface area contributed by atoms with E-state index in [4.69, 9.17) is 20.1 Å². The van der Waals surface area contributed by atoms with E-state index in [0.717, 1.165) is 4.47 Å². The monoisotopic (exact) mass is 310 g/mol. The smallest absolute Gasteiger partial charge is 0.652 e. The Hall–Kier alpha value is 2.04. The van der Waals surface area contributed by atoms with E-state index in [1.807, 2.05) is 0 Å². The third-order valence-electron chi connectivity index (χ3n) is 0.827. The zero-order valence-electron chi connectivity index (χ0n) is 7.86. The van der Waals surface area contributed by atoms with Crippen molar-refractivity contribution < 1.29 is 123 Å². The van der Waals surface area contributed by atoms with E-state index in [2.05, 4.69) is 15.9 Å². The zero-order valence-corrected chi connectivity index (χ0v) is 15.7. The number of carbonyl (C=O) groups excluding carboxylic acids is 1. The molecule has 14 heavy (non-hydrogen) atoms. The molecule has 0 bridgehead atoms. The largest absolute Gasteiger partial charge is 1.00 e. The van der Waals surface area contributed by atoms with Crippen LogP contribution in [0.3, 0.4) is 0 Å². The number of benzene rings is 1. The summed E-state index contributed by atoms with van der Waals surface area (Å²) in [6, 6.07) is 6.83. The van der Waals surface area contributed by atoms with Crippen LogP contribution in [-0.2, 0) is 0 Å². The molecular formula is C7H5BrK2O4. The molecule has 4 nitrogen and oxygen atoms in total. The van der Waals surface area contributed by atoms with Crippen molar-refractivity contribution in [3.05, 3.63) is 28.7 Å². The Morgan fingerprint density at radius 3 is 1.64 bits per heavy atom. The molecule has 0 fully saturated rings. The number of carbonyl (C=O) groups is 1. The number of hydrogen-bond donors (Lipinski definition) is 1. The molecule has 1 aromatic rings. The second kappa shape index (κ2) is 13.1. The molecule has 0 aliphatic carbocycles. The third kappa shape index (κ3) is 16.5. The Balaban J connectivity index is -0.000000180. The van der Waals surface area contributed by atoms with Crippen molar-refractivity contribution >= 4 is 22.1 Å². The van der Waals surface area contributed by atoms with E-state index in [0.29, 0.717) is 5.75 Å². The quantitative estimate of drug-likeness (QED) is 0.483. The number of rotatable bonds is 0. The number of phenolic OH excluding ortho intramolecular Hbond substituents is 1. The van der Waals surface area contributed by atoms with Crippen LogP contribution in [0.1, 0.15) is 0 Å². The summed E-state index contributed by atoms with van der Waals surface area (Å²) in [6.07, 6.45) is -2.33. The third-order valence-corrected chi connectivity index (χ3v) is 1.36. The molecule has 0 amide bonds. The van der Waals surface area contributed by atoms with Crippen LogP contribution in [0.15, 0.2) is 28.7 Å². The Morgan fingerprint density at radius 2 is 1.43 bits per heavy atom. The number of phenols is 1.